The predicted octanol–water partition coefficient (Wildman–Crippen LogP) is 5.12. The minimum absolute atomic E-state index is 0.0215. The third-order valence-electron chi connectivity index (χ3n) is 3.48. The third kappa shape index (κ3) is 5.18. The summed E-state index contributed by atoms with van der Waals surface area (Å²) >= 11 is 5.08. The maximum Gasteiger partial charge on any atom is 0.230 e. The van der Waals surface area contributed by atoms with Gasteiger partial charge in [-0.1, -0.05) is 58.4 Å². The topological polar surface area (TPSA) is 29.1 Å². The molecule has 0 saturated carbocycles. The van der Waals surface area contributed by atoms with Crippen LogP contribution in [0.4, 0.5) is 0 Å². The van der Waals surface area contributed by atoms with Gasteiger partial charge in [0.25, 0.3) is 0 Å². The van der Waals surface area contributed by atoms with Crippen LogP contribution in [0.25, 0.3) is 0 Å². The smallest absolute Gasteiger partial charge is 0.230 e. The fourth-order valence-corrected chi connectivity index (χ4v) is 3.24. The number of carbonyl (C=O) groups is 1. The van der Waals surface area contributed by atoms with Crippen molar-refractivity contribution in [2.24, 2.45) is 0 Å². The Hall–Kier alpha value is -1.26. The molecule has 0 unspecified atom stereocenters. The van der Waals surface area contributed by atoms with Gasteiger partial charge in [-0.15, -0.1) is 11.8 Å². The summed E-state index contributed by atoms with van der Waals surface area (Å²) in [5.41, 5.74) is 2.36. The summed E-state index contributed by atoms with van der Waals surface area (Å²) in [5.74, 6) is 0.542. The van der Waals surface area contributed by atoms with E-state index in [4.69, 9.17) is 0 Å². The van der Waals surface area contributed by atoms with E-state index >= 15 is 0 Å². The van der Waals surface area contributed by atoms with Crippen molar-refractivity contribution in [3.63, 3.8) is 0 Å². The van der Waals surface area contributed by atoms with Gasteiger partial charge in [0.1, 0.15) is 0 Å². The lowest BCUT2D eigenvalue weighted by molar-refractivity contribution is -0.119. The van der Waals surface area contributed by atoms with Gasteiger partial charge in [0.2, 0.25) is 5.91 Å². The molecule has 2 aromatic rings. The standard InChI is InChI=1S/C18H20BrNOS/c1-13(15-8-10-17(19)11-9-15)20-18(21)12-22-14(2)16-6-4-3-5-7-16/h3-11,13-14H,12H2,1-2H3,(H,20,21)/t13-,14+/m0/s1. The third-order valence-corrected chi connectivity index (χ3v) is 5.21. The van der Waals surface area contributed by atoms with E-state index in [0.717, 1.165) is 10.0 Å². The molecule has 0 aliphatic heterocycles. The average Bonchev–Trinajstić information content (AvgIpc) is 2.54. The van der Waals surface area contributed by atoms with Crippen LogP contribution in [0.5, 0.6) is 0 Å². The molecule has 1 N–H and O–H groups in total. The summed E-state index contributed by atoms with van der Waals surface area (Å²) in [6, 6.07) is 18.3. The van der Waals surface area contributed by atoms with E-state index in [9.17, 15) is 4.79 Å². The monoisotopic (exact) mass is 377 g/mol. The number of thioether (sulfide) groups is 1. The Kier molecular flexibility index (Phi) is 6.52. The second kappa shape index (κ2) is 8.39. The number of halogens is 1. The van der Waals surface area contributed by atoms with Gasteiger partial charge in [-0.25, -0.2) is 0 Å². The normalized spacial score (nSPS) is 13.4. The molecule has 22 heavy (non-hydrogen) atoms. The van der Waals surface area contributed by atoms with Crippen LogP contribution in [-0.4, -0.2) is 11.7 Å². The molecular formula is C18H20BrNOS. The summed E-state index contributed by atoms with van der Waals surface area (Å²) in [7, 11) is 0. The van der Waals surface area contributed by atoms with Gasteiger partial charge in [-0.3, -0.25) is 4.79 Å². The second-order valence-electron chi connectivity index (χ2n) is 5.20. The Bertz CT molecular complexity index is 600. The number of carbonyl (C=O) groups excluding carboxylic acids is 1. The highest BCUT2D eigenvalue weighted by Crippen LogP contribution is 2.27. The summed E-state index contributed by atoms with van der Waals surface area (Å²) in [6.07, 6.45) is 0. The molecule has 0 saturated heterocycles. The summed E-state index contributed by atoms with van der Waals surface area (Å²) in [5, 5.41) is 3.36. The zero-order chi connectivity index (χ0) is 15.9. The van der Waals surface area contributed by atoms with Crippen LogP contribution in [0.2, 0.25) is 0 Å². The van der Waals surface area contributed by atoms with E-state index in [2.05, 4.69) is 40.3 Å². The van der Waals surface area contributed by atoms with Crippen molar-refractivity contribution in [2.75, 3.05) is 5.75 Å². The number of hydrogen-bond acceptors (Lipinski definition) is 2. The molecule has 0 spiro atoms. The van der Waals surface area contributed by atoms with Gasteiger partial charge < -0.3 is 5.32 Å². The van der Waals surface area contributed by atoms with E-state index in [1.165, 1.54) is 5.56 Å². The number of amides is 1. The molecule has 4 heteroatoms. The fourth-order valence-electron chi connectivity index (χ4n) is 2.14. The first-order valence-corrected chi connectivity index (χ1v) is 9.12. The van der Waals surface area contributed by atoms with Crippen LogP contribution in [0.15, 0.2) is 59.1 Å². The Balaban J connectivity index is 1.81. The van der Waals surface area contributed by atoms with Crippen LogP contribution in [-0.2, 0) is 4.79 Å². The van der Waals surface area contributed by atoms with Crippen LogP contribution in [0, 0.1) is 0 Å². The first-order valence-electron chi connectivity index (χ1n) is 7.27. The lowest BCUT2D eigenvalue weighted by atomic mass is 10.1. The highest BCUT2D eigenvalue weighted by Gasteiger charge is 2.12. The van der Waals surface area contributed by atoms with Crippen molar-refractivity contribution in [1.29, 1.82) is 0 Å². The summed E-state index contributed by atoms with van der Waals surface area (Å²) in [4.78, 5) is 12.1. The molecule has 0 radical (unpaired) electrons. The van der Waals surface area contributed by atoms with Gasteiger partial charge in [0, 0.05) is 9.72 Å². The van der Waals surface area contributed by atoms with Crippen molar-refractivity contribution < 1.29 is 4.79 Å². The molecule has 2 atom stereocenters. The van der Waals surface area contributed by atoms with E-state index in [-0.39, 0.29) is 11.9 Å². The van der Waals surface area contributed by atoms with E-state index in [0.29, 0.717) is 11.0 Å². The Morgan fingerprint density at radius 3 is 2.32 bits per heavy atom. The van der Waals surface area contributed by atoms with Crippen molar-refractivity contribution >= 4 is 33.6 Å². The minimum atomic E-state index is 0.0215. The van der Waals surface area contributed by atoms with E-state index in [1.807, 2.05) is 49.4 Å². The molecule has 0 bridgehead atoms. The maximum absolute atomic E-state index is 12.1. The zero-order valence-electron chi connectivity index (χ0n) is 12.8. The molecule has 0 heterocycles. The summed E-state index contributed by atoms with van der Waals surface area (Å²) < 4.78 is 1.04. The highest BCUT2D eigenvalue weighted by molar-refractivity contribution is 9.10. The summed E-state index contributed by atoms with van der Waals surface area (Å²) in [6.45, 7) is 4.14. The first-order chi connectivity index (χ1) is 10.6. The van der Waals surface area contributed by atoms with Gasteiger partial charge >= 0.3 is 0 Å². The zero-order valence-corrected chi connectivity index (χ0v) is 15.2. The molecular weight excluding hydrogens is 358 g/mol. The molecule has 116 valence electrons. The largest absolute Gasteiger partial charge is 0.349 e. The van der Waals surface area contributed by atoms with Gasteiger partial charge in [-0.2, -0.15) is 0 Å². The molecule has 0 aliphatic carbocycles. The fraction of sp³-hybridized carbons (Fsp3) is 0.278. The van der Waals surface area contributed by atoms with Crippen LogP contribution < -0.4 is 5.32 Å². The van der Waals surface area contributed by atoms with Crippen molar-refractivity contribution in [3.05, 3.63) is 70.2 Å². The van der Waals surface area contributed by atoms with Crippen molar-refractivity contribution in [1.82, 2.24) is 5.32 Å². The molecule has 0 aliphatic rings. The van der Waals surface area contributed by atoms with Gasteiger partial charge in [-0.05, 0) is 37.1 Å². The lowest BCUT2D eigenvalue weighted by Crippen LogP contribution is -2.28. The minimum Gasteiger partial charge on any atom is -0.349 e. The molecule has 0 fully saturated rings. The van der Waals surface area contributed by atoms with Crippen LogP contribution >= 0.6 is 27.7 Å². The highest BCUT2D eigenvalue weighted by atomic mass is 79.9. The average molecular weight is 378 g/mol. The molecule has 0 aromatic heterocycles. The first kappa shape index (κ1) is 17.1. The maximum atomic E-state index is 12.1. The molecule has 2 aromatic carbocycles. The van der Waals surface area contributed by atoms with Crippen LogP contribution in [0.3, 0.4) is 0 Å². The van der Waals surface area contributed by atoms with Crippen molar-refractivity contribution in [2.45, 2.75) is 25.1 Å². The van der Waals surface area contributed by atoms with Crippen molar-refractivity contribution in [3.8, 4) is 0 Å². The number of rotatable bonds is 6. The number of nitrogens with one attached hydrogen (secondary N) is 1. The molecule has 2 rings (SSSR count). The Labute approximate surface area is 144 Å². The van der Waals surface area contributed by atoms with Crippen LogP contribution in [0.1, 0.15) is 36.3 Å². The second-order valence-corrected chi connectivity index (χ2v) is 7.45. The van der Waals surface area contributed by atoms with E-state index < -0.39 is 0 Å². The molecule has 2 nitrogen and oxygen atoms in total. The van der Waals surface area contributed by atoms with Gasteiger partial charge in [0.15, 0.2) is 0 Å². The predicted molar refractivity (Wildman–Crippen MR) is 98.0 cm³/mol. The Morgan fingerprint density at radius 1 is 1.05 bits per heavy atom. The quantitative estimate of drug-likeness (QED) is 0.756. The lowest BCUT2D eigenvalue weighted by Gasteiger charge is -2.16. The Morgan fingerprint density at radius 2 is 1.68 bits per heavy atom. The number of hydrogen-bond donors (Lipinski definition) is 1. The van der Waals surface area contributed by atoms with E-state index in [1.54, 1.807) is 11.8 Å². The van der Waals surface area contributed by atoms with Gasteiger partial charge in [0.05, 0.1) is 11.8 Å². The SMILES string of the molecule is C[C@H](NC(=O)CS[C@H](C)c1ccccc1)c1ccc(Br)cc1. The number of benzene rings is 2. The molecule has 1 amide bonds.